The molecule has 698 valence electrons. The van der Waals surface area contributed by atoms with Gasteiger partial charge in [0.15, 0.2) is 49.8 Å². The zero-order valence-corrected chi connectivity index (χ0v) is 66.2. The molecule has 10 aliphatic rings. The van der Waals surface area contributed by atoms with Gasteiger partial charge < -0.3 is 229 Å². The molecular formula is C70H116N4O47. The van der Waals surface area contributed by atoms with Crippen molar-refractivity contribution in [3.8, 4) is 0 Å². The molecule has 0 radical (unpaired) electrons. The maximum atomic E-state index is 13.0. The normalized spacial score (nSPS) is 47.4. The van der Waals surface area contributed by atoms with E-state index in [0.717, 1.165) is 27.7 Å². The summed E-state index contributed by atoms with van der Waals surface area (Å²) in [6.07, 6.45) is -75.2. The fourth-order valence-electron chi connectivity index (χ4n) is 16.9. The zero-order valence-electron chi connectivity index (χ0n) is 66.2. The smallest absolute Gasteiger partial charge is 0.332 e. The van der Waals surface area contributed by atoms with Crippen LogP contribution in [0.2, 0.25) is 0 Å². The van der Waals surface area contributed by atoms with Gasteiger partial charge in [0.1, 0.15) is 177 Å². The van der Waals surface area contributed by atoms with Crippen molar-refractivity contribution in [1.29, 1.82) is 0 Å². The molecule has 0 aromatic heterocycles. The van der Waals surface area contributed by atoms with Crippen LogP contribution in [0.4, 0.5) is 0 Å². The second-order valence-corrected chi connectivity index (χ2v) is 31.8. The molecule has 121 heavy (non-hydrogen) atoms. The third-order valence-corrected chi connectivity index (χ3v) is 23.4. The van der Waals surface area contributed by atoms with Crippen molar-refractivity contribution in [2.24, 2.45) is 17.8 Å². The van der Waals surface area contributed by atoms with Crippen molar-refractivity contribution in [2.75, 3.05) is 59.5 Å². The van der Waals surface area contributed by atoms with Crippen molar-refractivity contribution < 1.29 is 232 Å². The van der Waals surface area contributed by atoms with E-state index in [-0.39, 0.29) is 6.47 Å². The average molecular weight is 1770 g/mol. The van der Waals surface area contributed by atoms with E-state index in [1.54, 1.807) is 0 Å². The third kappa shape index (κ3) is 21.7. The molecule has 1 aliphatic carbocycles. The number of hydrogen-bond acceptors (Lipinski definition) is 47. The molecule has 1 saturated carbocycles. The number of amides is 4. The van der Waals surface area contributed by atoms with Gasteiger partial charge in [0.2, 0.25) is 23.6 Å². The van der Waals surface area contributed by atoms with Gasteiger partial charge in [-0.05, 0) is 13.3 Å². The summed E-state index contributed by atoms with van der Waals surface area (Å²) in [5.74, 6) is -13.0. The van der Waals surface area contributed by atoms with E-state index in [9.17, 15) is 147 Å². The summed E-state index contributed by atoms with van der Waals surface area (Å²) in [7, 11) is 0. The molecule has 0 aromatic carbocycles. The Kier molecular flexibility index (Phi) is 34.6. The summed E-state index contributed by atoms with van der Waals surface area (Å²) in [5, 5.41) is 279. The van der Waals surface area contributed by atoms with Crippen molar-refractivity contribution in [3.63, 3.8) is 0 Å². The van der Waals surface area contributed by atoms with Crippen molar-refractivity contribution in [3.05, 3.63) is 0 Å². The first-order chi connectivity index (χ1) is 57.2. The van der Waals surface area contributed by atoms with Gasteiger partial charge in [-0.15, -0.1) is 0 Å². The van der Waals surface area contributed by atoms with Crippen LogP contribution in [0.15, 0.2) is 0 Å². The molecule has 0 spiro atoms. The lowest BCUT2D eigenvalue weighted by molar-refractivity contribution is -0.470. The monoisotopic (exact) mass is 1760 g/mol. The number of fused-ring (bicyclic) bond motifs is 1. The Bertz CT molecular complexity index is 3320. The van der Waals surface area contributed by atoms with Gasteiger partial charge >= 0.3 is 5.97 Å². The van der Waals surface area contributed by atoms with Gasteiger partial charge in [0, 0.05) is 46.0 Å². The lowest BCUT2D eigenvalue weighted by atomic mass is 9.68. The fourth-order valence-corrected chi connectivity index (χ4v) is 16.9. The lowest BCUT2D eigenvalue weighted by Crippen LogP contribution is -2.74. The van der Waals surface area contributed by atoms with E-state index in [0.29, 0.717) is 0 Å². The first kappa shape index (κ1) is 98.9. The number of hydrogen-bond donors (Lipinski definition) is 28. The largest absolute Gasteiger partial charge is 0.410 e. The van der Waals surface area contributed by atoms with Crippen LogP contribution in [0.25, 0.3) is 0 Å². The Hall–Kier alpha value is -4.29. The van der Waals surface area contributed by atoms with Crippen molar-refractivity contribution in [1.82, 2.24) is 21.3 Å². The van der Waals surface area contributed by atoms with Gasteiger partial charge in [-0.1, -0.05) is 6.92 Å². The molecule has 4 amide bonds. The van der Waals surface area contributed by atoms with E-state index in [2.05, 4.69) is 21.3 Å². The SMILES string of the molecule is CC(=O)NC1C(O)[C@H](O[C@@H]2OC3CC(O)(O)[C@@H]3[C@H](O[C@]3(OC=O)C[C@@H](O)[C@@H](C)C(C(O)[C@H](O)CO)O3)C2O)[C@H](CO)O[C@H]1OCCC1[C@@H](OCC2O[C@@H](O[C@@H]3C(CO)O[C@@H](O[C@@H]4C(CO)O[C@@H](C)C(NC(C)=O)[C@H]4O)C(NC(C)=O)[C@H]3O)C(O)[C@@H](O[C@H]3OC(CO)[C@@H](O)C(O)C3O[C@@H]3OC(CO)[C@@H](O)[C@H](O)C3NC(C)=O)[C@@H]2O)OC(CO)[C@@H](O)[C@@H]1O. The van der Waals surface area contributed by atoms with Crippen LogP contribution in [0.1, 0.15) is 60.8 Å². The average Bonchev–Trinajstić information content (AvgIpc) is 0.717. The molecule has 10 fully saturated rings. The molecule has 0 bridgehead atoms. The number of ether oxygens (including phenoxy) is 18. The molecule has 51 nitrogen and oxygen atoms in total. The van der Waals surface area contributed by atoms with Gasteiger partial charge in [-0.2, -0.15) is 0 Å². The van der Waals surface area contributed by atoms with Gasteiger partial charge in [0.05, 0.1) is 108 Å². The molecule has 46 atom stereocenters. The Balaban J connectivity index is 0.910. The second-order valence-electron chi connectivity index (χ2n) is 31.8. The standard InChI is InChI=1S/C70H116N4O47/c1-20-27(87)9-70(106-19-82,120-55(20)43(90)28(88)11-75)121-59-37-29(10-69(37,102)103)108-66(53(59)100)116-57-34(16-80)112-63(40(50(57)97)73-24(5)85)104-8-7-26-42(89)44(91)30(12-76)109-62(26)105-18-36-47(94)60(118-68-61(52(99)46(93)32(14-78)111-68)119-64-39(72-23(4)84)48(95)45(92)31(13-77)110-64)54(101)67(114-36)117-58-35(17-81)113-65(41(51(58)98)74-25(6)86)115-56-33(15-79)107-21(2)38(49(56)96)71-22(3)83/h19-21,26-68,75-81,87-103H,7-18H2,1-6H3,(H,71,83)(H,72,84)(H,73,85)(H,74,86)/t20-,21+,26?,27-,28-,29?,30?,31?,32?,33?,34+,35?,36?,37+,38?,39?,40?,41?,42-,43?,44-,45-,46-,47-,48-,49-,50?,51-,52?,53?,54?,55?,56-,57-,58-,59+,60+,61?,62+,63-,64+,65+,66+,67+,68-,70+/m1/s1. The highest BCUT2D eigenvalue weighted by Gasteiger charge is 2.68. The minimum atomic E-state index is -2.80. The first-order valence-corrected chi connectivity index (χ1v) is 39.4. The summed E-state index contributed by atoms with van der Waals surface area (Å²) in [4.78, 5) is 62.9. The van der Waals surface area contributed by atoms with E-state index in [1.807, 2.05) is 0 Å². The van der Waals surface area contributed by atoms with Crippen molar-refractivity contribution >= 4 is 30.1 Å². The third-order valence-electron chi connectivity index (χ3n) is 23.4. The molecule has 28 N–H and O–H groups in total. The van der Waals surface area contributed by atoms with Crippen LogP contribution in [-0.4, -0.2) is 481 Å². The topological polar surface area (TPSA) is 785 Å². The summed E-state index contributed by atoms with van der Waals surface area (Å²) < 4.78 is 108. The molecule has 9 aliphatic heterocycles. The lowest BCUT2D eigenvalue weighted by Gasteiger charge is -2.58. The Morgan fingerprint density at radius 3 is 1.37 bits per heavy atom. The van der Waals surface area contributed by atoms with Gasteiger partial charge in [-0.25, -0.2) is 0 Å². The van der Waals surface area contributed by atoms with E-state index >= 15 is 0 Å². The van der Waals surface area contributed by atoms with E-state index in [1.165, 1.54) is 13.8 Å². The maximum Gasteiger partial charge on any atom is 0.332 e. The molecule has 0 aromatic rings. The van der Waals surface area contributed by atoms with Crippen LogP contribution in [0, 0.1) is 17.8 Å². The van der Waals surface area contributed by atoms with Gasteiger partial charge in [0.25, 0.3) is 6.47 Å². The van der Waals surface area contributed by atoms with Crippen LogP contribution in [0.5, 0.6) is 0 Å². The minimum absolute atomic E-state index is 0.200. The van der Waals surface area contributed by atoms with Crippen LogP contribution < -0.4 is 21.3 Å². The number of nitrogens with one attached hydrogen (secondary N) is 4. The number of rotatable bonds is 34. The predicted octanol–water partition coefficient (Wildman–Crippen LogP) is -17.5. The Morgan fingerprint density at radius 1 is 0.430 bits per heavy atom. The Labute approximate surface area is 688 Å². The second kappa shape index (κ2) is 42.3. The first-order valence-electron chi connectivity index (χ1n) is 39.4. The number of carbonyl (C=O) groups excluding carboxylic acids is 5. The summed E-state index contributed by atoms with van der Waals surface area (Å²) in [6.45, 7) is -2.12. The molecule has 19 unspecified atom stereocenters. The number of aliphatic hydroxyl groups is 24. The highest BCUT2D eigenvalue weighted by molar-refractivity contribution is 5.74. The highest BCUT2D eigenvalue weighted by Crippen LogP contribution is 2.51. The fraction of sp³-hybridized carbons (Fsp3) is 0.929. The predicted molar refractivity (Wildman–Crippen MR) is 378 cm³/mol. The molecule has 9 heterocycles. The maximum absolute atomic E-state index is 13.0. The van der Waals surface area contributed by atoms with Crippen LogP contribution >= 0.6 is 0 Å². The molecule has 9 saturated heterocycles. The van der Waals surface area contributed by atoms with Crippen LogP contribution in [0.3, 0.4) is 0 Å². The molecular weight excluding hydrogens is 1650 g/mol. The quantitative estimate of drug-likeness (QED) is 0.0210. The highest BCUT2D eigenvalue weighted by atomic mass is 16.9. The number of carbonyl (C=O) groups is 5. The van der Waals surface area contributed by atoms with E-state index in [4.69, 9.17) is 85.3 Å². The summed E-state index contributed by atoms with van der Waals surface area (Å²) in [5.41, 5.74) is 0. The van der Waals surface area contributed by atoms with Crippen molar-refractivity contribution in [2.45, 2.75) is 330 Å². The minimum Gasteiger partial charge on any atom is -0.410 e. The van der Waals surface area contributed by atoms with E-state index < -0.39 is 389 Å². The summed E-state index contributed by atoms with van der Waals surface area (Å²) >= 11 is 0. The Morgan fingerprint density at radius 2 is 0.851 bits per heavy atom. The molecule has 51 heteroatoms. The molecule has 10 rings (SSSR count). The summed E-state index contributed by atoms with van der Waals surface area (Å²) in [6, 6.07) is -6.52. The number of aliphatic hydroxyl groups excluding tert-OH is 22. The van der Waals surface area contributed by atoms with Crippen LogP contribution in [-0.2, 0) is 109 Å². The zero-order chi connectivity index (χ0) is 89.0. The van der Waals surface area contributed by atoms with Gasteiger partial charge in [-0.3, -0.25) is 24.0 Å².